The number of hydrogen-bond acceptors (Lipinski definition) is 3. The topological polar surface area (TPSA) is 64.2 Å². The van der Waals surface area contributed by atoms with E-state index in [1.807, 2.05) is 0 Å². The lowest BCUT2D eigenvalue weighted by atomic mass is 10.1. The predicted octanol–water partition coefficient (Wildman–Crippen LogP) is 2.76. The van der Waals surface area contributed by atoms with Crippen LogP contribution in [-0.2, 0) is 19.8 Å². The van der Waals surface area contributed by atoms with Crippen molar-refractivity contribution < 1.29 is 26.7 Å². The van der Waals surface area contributed by atoms with Crippen molar-refractivity contribution in [1.29, 1.82) is 0 Å². The lowest BCUT2D eigenvalue weighted by Gasteiger charge is -2.20. The number of hydrogen-bond donors (Lipinski definition) is 1. The van der Waals surface area contributed by atoms with Gasteiger partial charge in [-0.15, -0.1) is 0 Å². The number of rotatable bonds is 3. The number of aromatic nitrogens is 2. The Labute approximate surface area is 139 Å². The Morgan fingerprint density at radius 2 is 1.92 bits per heavy atom. The summed E-state index contributed by atoms with van der Waals surface area (Å²) in [6.45, 7) is 0.650. The summed E-state index contributed by atoms with van der Waals surface area (Å²) < 4.78 is 68.3. The number of carbonyl (C=O) groups is 1. The van der Waals surface area contributed by atoms with Gasteiger partial charge in [-0.05, 0) is 19.1 Å². The van der Waals surface area contributed by atoms with Crippen molar-refractivity contribution in [2.75, 3.05) is 11.9 Å². The molecule has 0 saturated carbocycles. The number of benzene rings is 1. The Morgan fingerprint density at radius 3 is 2.44 bits per heavy atom. The van der Waals surface area contributed by atoms with Crippen LogP contribution in [0.3, 0.4) is 0 Å². The first kappa shape index (κ1) is 18.8. The van der Waals surface area contributed by atoms with E-state index in [-0.39, 0.29) is 11.4 Å². The van der Waals surface area contributed by atoms with Gasteiger partial charge in [-0.1, -0.05) is 0 Å². The number of halogens is 5. The van der Waals surface area contributed by atoms with E-state index >= 15 is 0 Å². The Balaban J connectivity index is 2.57. The summed E-state index contributed by atoms with van der Waals surface area (Å²) in [5.74, 6) is -3.15. The number of aryl methyl sites for hydroxylation is 2. The van der Waals surface area contributed by atoms with Gasteiger partial charge >= 0.3 is 6.18 Å². The molecule has 1 aromatic carbocycles. The van der Waals surface area contributed by atoms with E-state index in [9.17, 15) is 26.7 Å². The molecule has 2 N–H and O–H groups in total. The highest BCUT2D eigenvalue weighted by Gasteiger charge is 2.41. The molecule has 1 heterocycles. The quantitative estimate of drug-likeness (QED) is 0.854. The van der Waals surface area contributed by atoms with Crippen molar-refractivity contribution in [1.82, 2.24) is 9.78 Å². The maximum absolute atomic E-state index is 14.3. The number of anilines is 1. The molecule has 10 heteroatoms. The van der Waals surface area contributed by atoms with Crippen LogP contribution in [0.4, 0.5) is 27.6 Å². The van der Waals surface area contributed by atoms with Crippen LogP contribution in [0.1, 0.15) is 27.3 Å². The molecule has 0 saturated heterocycles. The summed E-state index contributed by atoms with van der Waals surface area (Å²) in [5, 5.41) is 3.62. The molecule has 0 spiro atoms. The molecule has 0 bridgehead atoms. The largest absolute Gasteiger partial charge is 0.420 e. The van der Waals surface area contributed by atoms with Crippen molar-refractivity contribution >= 4 is 11.6 Å². The van der Waals surface area contributed by atoms with Gasteiger partial charge in [0.15, 0.2) is 5.82 Å². The standard InChI is InChI=1S/C15H15F5N4O/c1-7-11(15(18,19)20)13(24(3)22-7)14(25)23(2)10-5-4-9(16)8(6-21)12(10)17/h4-5H,6,21H2,1-3H3. The van der Waals surface area contributed by atoms with Crippen molar-refractivity contribution in [2.45, 2.75) is 19.6 Å². The average Bonchev–Trinajstić information content (AvgIpc) is 2.81. The first-order chi connectivity index (χ1) is 11.5. The molecule has 1 aromatic heterocycles. The third kappa shape index (κ3) is 3.21. The average molecular weight is 362 g/mol. The molecule has 0 aliphatic carbocycles. The van der Waals surface area contributed by atoms with Gasteiger partial charge in [0.05, 0.1) is 11.4 Å². The highest BCUT2D eigenvalue weighted by atomic mass is 19.4. The van der Waals surface area contributed by atoms with Crippen LogP contribution in [0.2, 0.25) is 0 Å². The molecule has 2 rings (SSSR count). The van der Waals surface area contributed by atoms with E-state index in [4.69, 9.17) is 5.73 Å². The summed E-state index contributed by atoms with van der Waals surface area (Å²) in [4.78, 5) is 13.2. The number of nitrogens with zero attached hydrogens (tertiary/aromatic N) is 3. The van der Waals surface area contributed by atoms with E-state index in [2.05, 4.69) is 5.10 Å². The van der Waals surface area contributed by atoms with Gasteiger partial charge < -0.3 is 10.6 Å². The summed E-state index contributed by atoms with van der Waals surface area (Å²) in [5.41, 5.74) is 2.09. The summed E-state index contributed by atoms with van der Waals surface area (Å²) in [7, 11) is 2.26. The van der Waals surface area contributed by atoms with Gasteiger partial charge in [-0.25, -0.2) is 8.78 Å². The number of carbonyl (C=O) groups excluding carboxylic acids is 1. The van der Waals surface area contributed by atoms with Crippen LogP contribution in [0.15, 0.2) is 12.1 Å². The van der Waals surface area contributed by atoms with Crippen LogP contribution in [-0.4, -0.2) is 22.7 Å². The second kappa shape index (κ2) is 6.43. The van der Waals surface area contributed by atoms with Crippen molar-refractivity contribution in [3.63, 3.8) is 0 Å². The zero-order valence-electron chi connectivity index (χ0n) is 13.6. The molecule has 1 amide bonds. The van der Waals surface area contributed by atoms with Gasteiger partial charge in [0, 0.05) is 26.2 Å². The zero-order valence-corrected chi connectivity index (χ0v) is 13.6. The van der Waals surface area contributed by atoms with E-state index in [0.29, 0.717) is 4.90 Å². The van der Waals surface area contributed by atoms with Gasteiger partial charge in [0.25, 0.3) is 5.91 Å². The van der Waals surface area contributed by atoms with E-state index in [1.165, 1.54) is 7.05 Å². The minimum absolute atomic E-state index is 0.381. The third-order valence-electron chi connectivity index (χ3n) is 3.74. The fourth-order valence-corrected chi connectivity index (χ4v) is 2.54. The monoisotopic (exact) mass is 362 g/mol. The summed E-state index contributed by atoms with van der Waals surface area (Å²) in [6, 6.07) is 1.85. The Kier molecular flexibility index (Phi) is 4.85. The maximum atomic E-state index is 14.3. The fraction of sp³-hybridized carbons (Fsp3) is 0.333. The highest BCUT2D eigenvalue weighted by Crippen LogP contribution is 2.35. The van der Waals surface area contributed by atoms with Gasteiger partial charge in [-0.2, -0.15) is 18.3 Å². The lowest BCUT2D eigenvalue weighted by Crippen LogP contribution is -2.31. The second-order valence-electron chi connectivity index (χ2n) is 5.36. The zero-order chi connectivity index (χ0) is 19.1. The third-order valence-corrected chi connectivity index (χ3v) is 3.74. The van der Waals surface area contributed by atoms with Crippen molar-refractivity contribution in [3.05, 3.63) is 46.3 Å². The summed E-state index contributed by atoms with van der Waals surface area (Å²) in [6.07, 6.45) is -4.81. The molecular formula is C15H15F5N4O. The lowest BCUT2D eigenvalue weighted by molar-refractivity contribution is -0.138. The van der Waals surface area contributed by atoms with Crippen LogP contribution in [0, 0.1) is 18.6 Å². The van der Waals surface area contributed by atoms with Gasteiger partial charge in [0.1, 0.15) is 17.1 Å². The van der Waals surface area contributed by atoms with Crippen LogP contribution < -0.4 is 10.6 Å². The normalized spacial score (nSPS) is 11.7. The second-order valence-corrected chi connectivity index (χ2v) is 5.36. The highest BCUT2D eigenvalue weighted by molar-refractivity contribution is 6.06. The molecule has 0 aliphatic heterocycles. The van der Waals surface area contributed by atoms with Gasteiger partial charge in [-0.3, -0.25) is 9.48 Å². The molecule has 2 aromatic rings. The van der Waals surface area contributed by atoms with Crippen LogP contribution >= 0.6 is 0 Å². The maximum Gasteiger partial charge on any atom is 0.420 e. The Bertz CT molecular complexity index is 828. The SMILES string of the molecule is Cc1nn(C)c(C(=O)N(C)c2ccc(F)c(CN)c2F)c1C(F)(F)F. The van der Waals surface area contributed by atoms with E-state index < -0.39 is 47.1 Å². The number of alkyl halides is 3. The van der Waals surface area contributed by atoms with E-state index in [1.54, 1.807) is 0 Å². The minimum atomic E-state index is -4.81. The minimum Gasteiger partial charge on any atom is -0.326 e. The number of nitrogens with two attached hydrogens (primary N) is 1. The van der Waals surface area contributed by atoms with Crippen LogP contribution in [0.5, 0.6) is 0 Å². The van der Waals surface area contributed by atoms with Crippen LogP contribution in [0.25, 0.3) is 0 Å². The Morgan fingerprint density at radius 1 is 1.32 bits per heavy atom. The molecule has 0 radical (unpaired) electrons. The first-order valence-corrected chi connectivity index (χ1v) is 7.06. The number of amides is 1. The molecule has 0 unspecified atom stereocenters. The molecule has 0 aliphatic rings. The van der Waals surface area contributed by atoms with E-state index in [0.717, 1.165) is 30.8 Å². The molecule has 5 nitrogen and oxygen atoms in total. The molecule has 0 fully saturated rings. The molecular weight excluding hydrogens is 347 g/mol. The van der Waals surface area contributed by atoms with Crippen molar-refractivity contribution in [3.8, 4) is 0 Å². The Hall–Kier alpha value is -2.49. The molecule has 25 heavy (non-hydrogen) atoms. The summed E-state index contributed by atoms with van der Waals surface area (Å²) >= 11 is 0. The first-order valence-electron chi connectivity index (χ1n) is 7.06. The van der Waals surface area contributed by atoms with Crippen molar-refractivity contribution in [2.24, 2.45) is 12.8 Å². The fourth-order valence-electron chi connectivity index (χ4n) is 2.54. The van der Waals surface area contributed by atoms with Gasteiger partial charge in [0.2, 0.25) is 0 Å². The molecule has 0 atom stereocenters. The molecule has 136 valence electrons. The smallest absolute Gasteiger partial charge is 0.326 e. The predicted molar refractivity (Wildman–Crippen MR) is 79.9 cm³/mol.